The highest BCUT2D eigenvalue weighted by Crippen LogP contribution is 2.48. The molecular weight excluding hydrogens is 699 g/mol. The number of Topliss-reactive ketones (excluding diaryl/α,β-unsaturated/α-hetero) is 1. The summed E-state index contributed by atoms with van der Waals surface area (Å²) in [7, 11) is -4.37. The summed E-state index contributed by atoms with van der Waals surface area (Å²) in [5.41, 5.74) is 7.15. The van der Waals surface area contributed by atoms with Crippen LogP contribution >= 0.6 is 0 Å². The SMILES string of the molecule is CCN1C(=CC=CC=CC2=[N+](CCCCCC(=O)CCCN3C(=O)CC(C(C)C)C3=O)c3ccc(S(=O)(=O)O)cc3C2(C)C)C(C)(C)c2cc(C)ccc21. The number of nitrogens with zero attached hydrogens (tertiary/aromatic N) is 3. The molecule has 9 nitrogen and oxygen atoms in total. The molecule has 0 bridgehead atoms. The van der Waals surface area contributed by atoms with Crippen LogP contribution in [0.25, 0.3) is 0 Å². The number of likely N-dealkylation sites (tertiary alicyclic amines) is 1. The van der Waals surface area contributed by atoms with E-state index in [9.17, 15) is 27.4 Å². The quantitative estimate of drug-likeness (QED) is 0.0602. The lowest BCUT2D eigenvalue weighted by molar-refractivity contribution is -0.438. The van der Waals surface area contributed by atoms with Crippen LogP contribution in [0.1, 0.15) is 110 Å². The van der Waals surface area contributed by atoms with Gasteiger partial charge in [0.25, 0.3) is 10.1 Å². The zero-order valence-electron chi connectivity index (χ0n) is 33.3. The van der Waals surface area contributed by atoms with Gasteiger partial charge in [-0.3, -0.25) is 23.8 Å². The standard InChI is InChI=1S/C44H57N3O6S/c1-9-45-37-23-21-31(4)27-35(37)43(5,6)39(45)19-13-10-14-20-40-44(7,8)36-28-33(54(51,52)53)22-24-38(36)46(40)25-15-11-12-17-32(48)18-16-26-47-41(49)29-34(30(2)3)42(47)50/h10,13-14,19-24,27-28,30,34H,9,11-12,15-18,25-26,29H2,1-8H3/p+1. The van der Waals surface area contributed by atoms with E-state index in [2.05, 4.69) is 87.4 Å². The second-order valence-corrected chi connectivity index (χ2v) is 17.8. The first-order chi connectivity index (χ1) is 25.4. The summed E-state index contributed by atoms with van der Waals surface area (Å²) in [6, 6.07) is 11.4. The van der Waals surface area contributed by atoms with E-state index in [1.807, 2.05) is 26.0 Å². The molecule has 1 atom stereocenters. The summed E-state index contributed by atoms with van der Waals surface area (Å²) in [6.07, 6.45) is 14.3. The van der Waals surface area contributed by atoms with Crippen molar-refractivity contribution in [1.29, 1.82) is 0 Å². The van der Waals surface area contributed by atoms with Crippen molar-refractivity contribution in [3.63, 3.8) is 0 Å². The third-order valence-corrected chi connectivity index (χ3v) is 12.4. The highest BCUT2D eigenvalue weighted by molar-refractivity contribution is 7.85. The Morgan fingerprint density at radius 3 is 2.31 bits per heavy atom. The lowest BCUT2D eigenvalue weighted by Gasteiger charge is -2.25. The van der Waals surface area contributed by atoms with E-state index < -0.39 is 15.5 Å². The maximum absolute atomic E-state index is 12.7. The van der Waals surface area contributed by atoms with Gasteiger partial charge in [0.1, 0.15) is 12.3 Å². The molecule has 3 aliphatic rings. The Kier molecular flexibility index (Phi) is 12.4. The fraction of sp³-hybridized carbons (Fsp3) is 0.500. The Labute approximate surface area is 322 Å². The van der Waals surface area contributed by atoms with Gasteiger partial charge in [-0.2, -0.15) is 13.0 Å². The first-order valence-electron chi connectivity index (χ1n) is 19.5. The zero-order chi connectivity index (χ0) is 39.6. The minimum absolute atomic E-state index is 0.111. The van der Waals surface area contributed by atoms with Gasteiger partial charge in [-0.1, -0.05) is 63.6 Å². The van der Waals surface area contributed by atoms with Crippen LogP contribution in [-0.2, 0) is 35.3 Å². The molecule has 3 heterocycles. The molecule has 0 aromatic heterocycles. The largest absolute Gasteiger partial charge is 0.344 e. The van der Waals surface area contributed by atoms with Crippen LogP contribution in [0.15, 0.2) is 77.4 Å². The number of carbonyl (C=O) groups excluding carboxylic acids is 3. The molecule has 1 saturated heterocycles. The number of likely N-dealkylation sites (N-methyl/N-ethyl adjacent to an activating group) is 1. The summed E-state index contributed by atoms with van der Waals surface area (Å²) < 4.78 is 36.2. The van der Waals surface area contributed by atoms with Gasteiger partial charge in [-0.25, -0.2) is 0 Å². The van der Waals surface area contributed by atoms with Crippen molar-refractivity contribution in [3.05, 3.63) is 89.2 Å². The van der Waals surface area contributed by atoms with Gasteiger partial charge >= 0.3 is 0 Å². The van der Waals surface area contributed by atoms with Crippen molar-refractivity contribution < 1.29 is 31.9 Å². The molecule has 1 fully saturated rings. The number of hydrogen-bond acceptors (Lipinski definition) is 6. The van der Waals surface area contributed by atoms with Crippen molar-refractivity contribution in [3.8, 4) is 0 Å². The highest BCUT2D eigenvalue weighted by atomic mass is 32.2. The molecule has 0 radical (unpaired) electrons. The molecule has 10 heteroatoms. The number of imide groups is 1. The van der Waals surface area contributed by atoms with Gasteiger partial charge in [0.15, 0.2) is 5.71 Å². The number of rotatable bonds is 16. The van der Waals surface area contributed by atoms with Crippen LogP contribution in [0.3, 0.4) is 0 Å². The maximum atomic E-state index is 12.7. The number of carbonyl (C=O) groups is 3. The minimum Gasteiger partial charge on any atom is -0.344 e. The molecule has 0 saturated carbocycles. The summed E-state index contributed by atoms with van der Waals surface area (Å²) in [4.78, 5) is 41.2. The lowest BCUT2D eigenvalue weighted by Crippen LogP contribution is -2.32. The molecule has 2 amide bonds. The van der Waals surface area contributed by atoms with E-state index in [1.165, 1.54) is 33.5 Å². The van der Waals surface area contributed by atoms with Crippen molar-refractivity contribution in [2.75, 3.05) is 24.5 Å². The first-order valence-corrected chi connectivity index (χ1v) is 20.9. The molecular formula is C44H58N3O6S+. The van der Waals surface area contributed by atoms with E-state index in [0.717, 1.165) is 42.8 Å². The van der Waals surface area contributed by atoms with Crippen molar-refractivity contribution in [2.24, 2.45) is 11.8 Å². The monoisotopic (exact) mass is 756 g/mol. The highest BCUT2D eigenvalue weighted by Gasteiger charge is 2.45. The predicted octanol–water partition coefficient (Wildman–Crippen LogP) is 8.37. The smallest absolute Gasteiger partial charge is 0.294 e. The van der Waals surface area contributed by atoms with E-state index in [1.54, 1.807) is 12.1 Å². The average Bonchev–Trinajstić information content (AvgIpc) is 3.59. The van der Waals surface area contributed by atoms with Crippen LogP contribution in [0.2, 0.25) is 0 Å². The molecule has 1 unspecified atom stereocenters. The number of benzene rings is 2. The van der Waals surface area contributed by atoms with Gasteiger partial charge in [0.05, 0.1) is 10.3 Å². The lowest BCUT2D eigenvalue weighted by atomic mass is 9.81. The summed E-state index contributed by atoms with van der Waals surface area (Å²) in [5.74, 6) is -0.237. The Bertz CT molecular complexity index is 2040. The molecule has 5 rings (SSSR count). The Hall–Kier alpha value is -4.15. The summed E-state index contributed by atoms with van der Waals surface area (Å²) in [6.45, 7) is 18.7. The van der Waals surface area contributed by atoms with Crippen molar-refractivity contribution in [1.82, 2.24) is 4.90 Å². The number of fused-ring (bicyclic) bond motifs is 2. The van der Waals surface area contributed by atoms with Crippen LogP contribution in [0.4, 0.5) is 11.4 Å². The minimum atomic E-state index is -4.37. The second-order valence-electron chi connectivity index (χ2n) is 16.4. The topological polar surface area (TPSA) is 115 Å². The van der Waals surface area contributed by atoms with E-state index in [4.69, 9.17) is 0 Å². The molecule has 0 aliphatic carbocycles. The molecule has 2 aromatic rings. The molecule has 2 aromatic carbocycles. The maximum Gasteiger partial charge on any atom is 0.294 e. The van der Waals surface area contributed by atoms with E-state index in [-0.39, 0.29) is 46.2 Å². The average molecular weight is 757 g/mol. The Morgan fingerprint density at radius 2 is 1.65 bits per heavy atom. The fourth-order valence-electron chi connectivity index (χ4n) is 8.34. The molecule has 290 valence electrons. The van der Waals surface area contributed by atoms with Crippen LogP contribution in [0, 0.1) is 18.8 Å². The van der Waals surface area contributed by atoms with Gasteiger partial charge in [0, 0.05) is 79.2 Å². The number of hydrogen-bond donors (Lipinski definition) is 1. The Balaban J connectivity index is 1.25. The Morgan fingerprint density at radius 1 is 0.926 bits per heavy atom. The summed E-state index contributed by atoms with van der Waals surface area (Å²) >= 11 is 0. The number of amides is 2. The number of aryl methyl sites for hydroxylation is 1. The zero-order valence-corrected chi connectivity index (χ0v) is 34.1. The fourth-order valence-corrected chi connectivity index (χ4v) is 8.84. The number of anilines is 1. The van der Waals surface area contributed by atoms with Crippen molar-refractivity contribution in [2.45, 2.75) is 116 Å². The first kappa shape index (κ1) is 41.0. The molecule has 1 N–H and O–H groups in total. The molecule has 3 aliphatic heterocycles. The van der Waals surface area contributed by atoms with Crippen LogP contribution < -0.4 is 4.90 Å². The summed E-state index contributed by atoms with van der Waals surface area (Å²) in [5, 5.41) is 0. The van der Waals surface area contributed by atoms with Gasteiger partial charge in [-0.05, 0) is 82.7 Å². The normalized spacial score (nSPS) is 20.1. The predicted molar refractivity (Wildman–Crippen MR) is 215 cm³/mol. The second kappa shape index (κ2) is 16.3. The molecule has 0 spiro atoms. The van der Waals surface area contributed by atoms with Crippen LogP contribution in [0.5, 0.6) is 0 Å². The van der Waals surface area contributed by atoms with Gasteiger partial charge < -0.3 is 4.90 Å². The third-order valence-electron chi connectivity index (χ3n) is 11.5. The van der Waals surface area contributed by atoms with E-state index in [0.29, 0.717) is 32.4 Å². The van der Waals surface area contributed by atoms with Crippen LogP contribution in [-0.4, -0.2) is 65.4 Å². The van der Waals surface area contributed by atoms with E-state index >= 15 is 0 Å². The van der Waals surface area contributed by atoms with Gasteiger partial charge in [-0.15, -0.1) is 0 Å². The third kappa shape index (κ3) is 8.40. The molecule has 54 heavy (non-hydrogen) atoms. The number of allylic oxidation sites excluding steroid dienone is 6. The van der Waals surface area contributed by atoms with Gasteiger partial charge in [0.2, 0.25) is 17.5 Å². The number of unbranched alkanes of at least 4 members (excludes halogenated alkanes) is 2. The van der Waals surface area contributed by atoms with Crippen molar-refractivity contribution >= 4 is 44.8 Å². The number of ketones is 1.